The van der Waals surface area contributed by atoms with Crippen molar-refractivity contribution in [2.75, 3.05) is 5.32 Å². The van der Waals surface area contributed by atoms with E-state index in [9.17, 15) is 9.59 Å². The minimum absolute atomic E-state index is 0.0119. The molecule has 1 saturated heterocycles. The molecular formula is C17H19NO3. The number of esters is 1. The summed E-state index contributed by atoms with van der Waals surface area (Å²) in [6.45, 7) is 3.98. The first-order valence-electron chi connectivity index (χ1n) is 7.64. The summed E-state index contributed by atoms with van der Waals surface area (Å²) in [5.74, 6) is -0.0100. The highest BCUT2D eigenvalue weighted by molar-refractivity contribution is 5.97. The van der Waals surface area contributed by atoms with Crippen LogP contribution < -0.4 is 5.32 Å². The predicted molar refractivity (Wildman–Crippen MR) is 77.6 cm³/mol. The minimum atomic E-state index is -0.210. The first-order chi connectivity index (χ1) is 10.1. The first-order valence-corrected chi connectivity index (χ1v) is 7.64. The zero-order chi connectivity index (χ0) is 14.7. The summed E-state index contributed by atoms with van der Waals surface area (Å²) in [7, 11) is 0. The lowest BCUT2D eigenvalue weighted by Gasteiger charge is -2.24. The highest BCUT2D eigenvalue weighted by Gasteiger charge is 2.63. The number of fused-ring (bicyclic) bond motifs is 1. The molecule has 110 valence electrons. The van der Waals surface area contributed by atoms with Crippen LogP contribution in [0, 0.1) is 37.5 Å². The van der Waals surface area contributed by atoms with Gasteiger partial charge in [-0.15, -0.1) is 0 Å². The van der Waals surface area contributed by atoms with Crippen molar-refractivity contribution >= 4 is 17.6 Å². The molecule has 2 bridgehead atoms. The highest BCUT2D eigenvalue weighted by atomic mass is 16.6. The van der Waals surface area contributed by atoms with Gasteiger partial charge in [0.15, 0.2) is 0 Å². The van der Waals surface area contributed by atoms with Gasteiger partial charge in [-0.25, -0.2) is 0 Å². The Hall–Kier alpha value is -1.84. The molecule has 4 heteroatoms. The minimum Gasteiger partial charge on any atom is -0.462 e. The van der Waals surface area contributed by atoms with Crippen LogP contribution in [0.25, 0.3) is 0 Å². The maximum atomic E-state index is 12.7. The molecule has 2 saturated carbocycles. The van der Waals surface area contributed by atoms with E-state index < -0.39 is 0 Å². The van der Waals surface area contributed by atoms with Crippen LogP contribution in [-0.2, 0) is 14.3 Å². The summed E-state index contributed by atoms with van der Waals surface area (Å²) >= 11 is 0. The Bertz CT molecular complexity index is 617. The van der Waals surface area contributed by atoms with Crippen molar-refractivity contribution in [2.24, 2.45) is 23.7 Å². The third-order valence-corrected chi connectivity index (χ3v) is 5.52. The molecule has 5 atom stereocenters. The second-order valence-corrected chi connectivity index (χ2v) is 6.68. The summed E-state index contributed by atoms with van der Waals surface area (Å²) in [6, 6.07) is 5.96. The van der Waals surface area contributed by atoms with Crippen molar-refractivity contribution in [3.05, 3.63) is 29.3 Å². The van der Waals surface area contributed by atoms with E-state index in [0.29, 0.717) is 5.92 Å². The van der Waals surface area contributed by atoms with Gasteiger partial charge < -0.3 is 10.1 Å². The van der Waals surface area contributed by atoms with Crippen molar-refractivity contribution in [2.45, 2.75) is 32.8 Å². The molecule has 0 aromatic heterocycles. The Balaban J connectivity index is 1.60. The van der Waals surface area contributed by atoms with E-state index in [1.54, 1.807) is 0 Å². The number of nitrogens with one attached hydrogen (secondary N) is 1. The number of amides is 1. The molecule has 1 aromatic rings. The molecule has 0 unspecified atom stereocenters. The van der Waals surface area contributed by atoms with Crippen LogP contribution in [0.5, 0.6) is 0 Å². The van der Waals surface area contributed by atoms with Crippen LogP contribution in [0.2, 0.25) is 0 Å². The molecule has 1 N–H and O–H groups in total. The number of aryl methyl sites for hydroxylation is 2. The molecule has 3 aliphatic rings. The van der Waals surface area contributed by atoms with Crippen molar-refractivity contribution in [3.8, 4) is 0 Å². The fourth-order valence-corrected chi connectivity index (χ4v) is 4.58. The lowest BCUT2D eigenvalue weighted by atomic mass is 9.79. The number of anilines is 1. The molecule has 4 rings (SSSR count). The third kappa shape index (κ3) is 1.74. The van der Waals surface area contributed by atoms with Crippen molar-refractivity contribution in [3.63, 3.8) is 0 Å². The van der Waals surface area contributed by atoms with E-state index in [1.807, 2.05) is 32.0 Å². The Morgan fingerprint density at radius 2 is 1.95 bits per heavy atom. The Labute approximate surface area is 123 Å². The molecule has 1 aliphatic heterocycles. The zero-order valence-corrected chi connectivity index (χ0v) is 12.3. The third-order valence-electron chi connectivity index (χ3n) is 5.52. The van der Waals surface area contributed by atoms with Gasteiger partial charge in [-0.3, -0.25) is 9.59 Å². The quantitative estimate of drug-likeness (QED) is 0.849. The van der Waals surface area contributed by atoms with E-state index in [2.05, 4.69) is 5.32 Å². The number of hydrogen-bond donors (Lipinski definition) is 1. The van der Waals surface area contributed by atoms with Gasteiger partial charge in [-0.2, -0.15) is 0 Å². The second kappa shape index (κ2) is 4.33. The molecule has 2 aliphatic carbocycles. The summed E-state index contributed by atoms with van der Waals surface area (Å²) in [4.78, 5) is 24.7. The fourth-order valence-electron chi connectivity index (χ4n) is 4.58. The maximum Gasteiger partial charge on any atom is 0.310 e. The van der Waals surface area contributed by atoms with Crippen LogP contribution in [-0.4, -0.2) is 18.0 Å². The van der Waals surface area contributed by atoms with E-state index in [-0.39, 0.29) is 35.7 Å². The second-order valence-electron chi connectivity index (χ2n) is 6.68. The molecule has 3 fully saturated rings. The lowest BCUT2D eigenvalue weighted by Crippen LogP contribution is -2.36. The number of rotatable bonds is 2. The Morgan fingerprint density at radius 1 is 1.24 bits per heavy atom. The number of para-hydroxylation sites is 1. The monoisotopic (exact) mass is 285 g/mol. The molecule has 1 aromatic carbocycles. The molecule has 0 spiro atoms. The summed E-state index contributed by atoms with van der Waals surface area (Å²) in [5, 5.41) is 3.06. The van der Waals surface area contributed by atoms with Gasteiger partial charge in [0.05, 0.1) is 11.8 Å². The summed E-state index contributed by atoms with van der Waals surface area (Å²) in [5.41, 5.74) is 2.99. The van der Waals surface area contributed by atoms with Gasteiger partial charge in [0, 0.05) is 11.6 Å². The maximum absolute atomic E-state index is 12.7. The molecular weight excluding hydrogens is 266 g/mol. The molecule has 4 nitrogen and oxygen atoms in total. The van der Waals surface area contributed by atoms with Crippen molar-refractivity contribution in [1.82, 2.24) is 0 Å². The molecule has 0 radical (unpaired) electrons. The number of carbonyl (C=O) groups excluding carboxylic acids is 2. The van der Waals surface area contributed by atoms with Crippen LogP contribution in [0.4, 0.5) is 5.69 Å². The van der Waals surface area contributed by atoms with E-state index >= 15 is 0 Å². The number of hydrogen-bond acceptors (Lipinski definition) is 3. The molecule has 1 heterocycles. The average molecular weight is 285 g/mol. The standard InChI is InChI=1S/C17H19NO3/c1-8-4-3-5-9(2)15(8)18-16(19)13-10-6-11-12(7-10)21-17(20)14(11)13/h3-5,10-14H,6-7H2,1-2H3,(H,18,19)/t10-,11+,12-,13-,14+/m1/s1. The normalized spacial score (nSPS) is 35.9. The number of carbonyl (C=O) groups is 2. The van der Waals surface area contributed by atoms with Crippen molar-refractivity contribution < 1.29 is 14.3 Å². The van der Waals surface area contributed by atoms with Crippen LogP contribution >= 0.6 is 0 Å². The zero-order valence-electron chi connectivity index (χ0n) is 12.3. The Morgan fingerprint density at radius 3 is 2.67 bits per heavy atom. The molecule has 1 amide bonds. The summed E-state index contributed by atoms with van der Waals surface area (Å²) in [6.07, 6.45) is 1.90. The fraction of sp³-hybridized carbons (Fsp3) is 0.529. The van der Waals surface area contributed by atoms with Gasteiger partial charge in [0.25, 0.3) is 0 Å². The smallest absolute Gasteiger partial charge is 0.310 e. The van der Waals surface area contributed by atoms with E-state index in [1.165, 1.54) is 0 Å². The van der Waals surface area contributed by atoms with Crippen LogP contribution in [0.3, 0.4) is 0 Å². The van der Waals surface area contributed by atoms with Gasteiger partial charge in [-0.05, 0) is 43.7 Å². The Kier molecular flexibility index (Phi) is 2.65. The largest absolute Gasteiger partial charge is 0.462 e. The van der Waals surface area contributed by atoms with Gasteiger partial charge in [0.1, 0.15) is 6.10 Å². The lowest BCUT2D eigenvalue weighted by molar-refractivity contribution is -0.145. The SMILES string of the molecule is Cc1cccc(C)c1NC(=O)[C@@H]1[C@@H]2C[C@@H]3[C@@H]1C(=O)O[C@@H]3C2. The number of benzene rings is 1. The van der Waals surface area contributed by atoms with Crippen LogP contribution in [0.15, 0.2) is 18.2 Å². The van der Waals surface area contributed by atoms with Crippen molar-refractivity contribution in [1.29, 1.82) is 0 Å². The topological polar surface area (TPSA) is 55.4 Å². The van der Waals surface area contributed by atoms with E-state index in [4.69, 9.17) is 4.74 Å². The first kappa shape index (κ1) is 12.9. The van der Waals surface area contributed by atoms with Gasteiger partial charge in [0.2, 0.25) is 5.91 Å². The molecule has 21 heavy (non-hydrogen) atoms. The number of ether oxygens (including phenoxy) is 1. The predicted octanol–water partition coefficient (Wildman–Crippen LogP) is 2.44. The highest BCUT2D eigenvalue weighted by Crippen LogP contribution is 2.57. The van der Waals surface area contributed by atoms with E-state index in [0.717, 1.165) is 29.7 Å². The van der Waals surface area contributed by atoms with Gasteiger partial charge >= 0.3 is 5.97 Å². The summed E-state index contributed by atoms with van der Waals surface area (Å²) < 4.78 is 5.40. The average Bonchev–Trinajstić information content (AvgIpc) is 3.04. The van der Waals surface area contributed by atoms with Crippen LogP contribution in [0.1, 0.15) is 24.0 Å². The van der Waals surface area contributed by atoms with Gasteiger partial charge in [-0.1, -0.05) is 18.2 Å².